The summed E-state index contributed by atoms with van der Waals surface area (Å²) in [6.07, 6.45) is 11.3. The van der Waals surface area contributed by atoms with E-state index in [1.165, 1.54) is 51.4 Å². The van der Waals surface area contributed by atoms with Crippen LogP contribution in [0, 0.1) is 11.8 Å². The number of rotatable bonds is 6. The van der Waals surface area contributed by atoms with E-state index in [1.807, 2.05) is 0 Å². The molecule has 0 aromatic heterocycles. The first-order chi connectivity index (χ1) is 6.38. The molecule has 1 atom stereocenters. The van der Waals surface area contributed by atoms with Crippen molar-refractivity contribution in [2.45, 2.75) is 57.4 Å². The van der Waals surface area contributed by atoms with E-state index in [2.05, 4.69) is 5.43 Å². The first kappa shape index (κ1) is 9.47. The van der Waals surface area contributed by atoms with Crippen LogP contribution in [-0.2, 0) is 0 Å². The second-order valence-electron chi connectivity index (χ2n) is 4.92. The molecule has 0 aromatic rings. The van der Waals surface area contributed by atoms with Crippen molar-refractivity contribution < 1.29 is 0 Å². The maximum Gasteiger partial charge on any atom is 0.0213 e. The fourth-order valence-electron chi connectivity index (χ4n) is 2.24. The molecule has 0 saturated heterocycles. The SMILES string of the molecule is NNC(CCC1CC1)CC1CCC1. The van der Waals surface area contributed by atoms with Gasteiger partial charge in [0, 0.05) is 6.04 Å². The lowest BCUT2D eigenvalue weighted by Crippen LogP contribution is -2.37. The average molecular weight is 182 g/mol. The Morgan fingerprint density at radius 2 is 1.92 bits per heavy atom. The molecule has 2 saturated carbocycles. The Bertz CT molecular complexity index is 150. The molecule has 3 N–H and O–H groups in total. The molecule has 0 aliphatic heterocycles. The van der Waals surface area contributed by atoms with E-state index >= 15 is 0 Å². The van der Waals surface area contributed by atoms with Crippen LogP contribution in [0.3, 0.4) is 0 Å². The Kier molecular flexibility index (Phi) is 3.23. The third-order valence-electron chi connectivity index (χ3n) is 3.70. The summed E-state index contributed by atoms with van der Waals surface area (Å²) in [5, 5.41) is 0. The lowest BCUT2D eigenvalue weighted by molar-refractivity contribution is 0.252. The van der Waals surface area contributed by atoms with Crippen LogP contribution >= 0.6 is 0 Å². The van der Waals surface area contributed by atoms with Gasteiger partial charge in [0.05, 0.1) is 0 Å². The molecule has 0 spiro atoms. The van der Waals surface area contributed by atoms with Gasteiger partial charge in [-0.15, -0.1) is 0 Å². The van der Waals surface area contributed by atoms with E-state index < -0.39 is 0 Å². The van der Waals surface area contributed by atoms with Crippen molar-refractivity contribution in [3.05, 3.63) is 0 Å². The van der Waals surface area contributed by atoms with E-state index in [0.29, 0.717) is 6.04 Å². The number of hydrogen-bond acceptors (Lipinski definition) is 2. The molecule has 0 amide bonds. The molecule has 2 aliphatic rings. The van der Waals surface area contributed by atoms with Crippen LogP contribution in [0.25, 0.3) is 0 Å². The van der Waals surface area contributed by atoms with Crippen molar-refractivity contribution in [2.75, 3.05) is 0 Å². The molecule has 76 valence electrons. The number of nitrogens with two attached hydrogens (primary N) is 1. The molecule has 13 heavy (non-hydrogen) atoms. The molecule has 2 fully saturated rings. The first-order valence-electron chi connectivity index (χ1n) is 5.84. The van der Waals surface area contributed by atoms with E-state index in [0.717, 1.165) is 11.8 Å². The summed E-state index contributed by atoms with van der Waals surface area (Å²) < 4.78 is 0. The Hall–Kier alpha value is -0.0800. The van der Waals surface area contributed by atoms with Gasteiger partial charge in [0.1, 0.15) is 0 Å². The summed E-state index contributed by atoms with van der Waals surface area (Å²) in [6, 6.07) is 0.603. The zero-order valence-corrected chi connectivity index (χ0v) is 8.47. The van der Waals surface area contributed by atoms with Gasteiger partial charge in [0.25, 0.3) is 0 Å². The van der Waals surface area contributed by atoms with Crippen LogP contribution in [0.15, 0.2) is 0 Å². The minimum atomic E-state index is 0.603. The molecule has 0 heterocycles. The fourth-order valence-corrected chi connectivity index (χ4v) is 2.24. The zero-order valence-electron chi connectivity index (χ0n) is 8.47. The second-order valence-corrected chi connectivity index (χ2v) is 4.92. The Balaban J connectivity index is 1.59. The third-order valence-corrected chi connectivity index (χ3v) is 3.70. The quantitative estimate of drug-likeness (QED) is 0.488. The van der Waals surface area contributed by atoms with Gasteiger partial charge in [-0.05, 0) is 31.1 Å². The minimum Gasteiger partial charge on any atom is -0.271 e. The van der Waals surface area contributed by atoms with Crippen LogP contribution in [0.1, 0.15) is 51.4 Å². The Morgan fingerprint density at radius 1 is 1.15 bits per heavy atom. The summed E-state index contributed by atoms with van der Waals surface area (Å²) in [7, 11) is 0. The number of hydrazine groups is 1. The maximum absolute atomic E-state index is 5.56. The molecular formula is C11H22N2. The van der Waals surface area contributed by atoms with Gasteiger partial charge in [0.2, 0.25) is 0 Å². The lowest BCUT2D eigenvalue weighted by Gasteiger charge is -2.29. The Morgan fingerprint density at radius 3 is 2.38 bits per heavy atom. The summed E-state index contributed by atoms with van der Waals surface area (Å²) >= 11 is 0. The summed E-state index contributed by atoms with van der Waals surface area (Å²) in [5.74, 6) is 7.60. The number of nitrogens with one attached hydrogen (secondary N) is 1. The van der Waals surface area contributed by atoms with Crippen LogP contribution in [0.2, 0.25) is 0 Å². The first-order valence-corrected chi connectivity index (χ1v) is 5.84. The molecule has 0 radical (unpaired) electrons. The molecule has 2 aliphatic carbocycles. The predicted octanol–water partition coefficient (Wildman–Crippen LogP) is 2.20. The van der Waals surface area contributed by atoms with Crippen molar-refractivity contribution in [3.8, 4) is 0 Å². The zero-order chi connectivity index (χ0) is 9.10. The van der Waals surface area contributed by atoms with Gasteiger partial charge in [-0.3, -0.25) is 11.3 Å². The fraction of sp³-hybridized carbons (Fsp3) is 1.00. The van der Waals surface area contributed by atoms with E-state index in [9.17, 15) is 0 Å². The second kappa shape index (κ2) is 4.43. The molecule has 0 aromatic carbocycles. The van der Waals surface area contributed by atoms with Crippen molar-refractivity contribution in [2.24, 2.45) is 17.7 Å². The summed E-state index contributed by atoms with van der Waals surface area (Å²) in [4.78, 5) is 0. The summed E-state index contributed by atoms with van der Waals surface area (Å²) in [5.41, 5.74) is 2.98. The molecular weight excluding hydrogens is 160 g/mol. The lowest BCUT2D eigenvalue weighted by atomic mass is 9.80. The highest BCUT2D eigenvalue weighted by Crippen LogP contribution is 2.36. The van der Waals surface area contributed by atoms with Gasteiger partial charge in [-0.2, -0.15) is 0 Å². The van der Waals surface area contributed by atoms with Gasteiger partial charge in [0.15, 0.2) is 0 Å². The largest absolute Gasteiger partial charge is 0.271 e. The van der Waals surface area contributed by atoms with Gasteiger partial charge >= 0.3 is 0 Å². The predicted molar refractivity (Wildman–Crippen MR) is 55.0 cm³/mol. The average Bonchev–Trinajstić information content (AvgIpc) is 2.85. The van der Waals surface area contributed by atoms with Crippen molar-refractivity contribution >= 4 is 0 Å². The van der Waals surface area contributed by atoms with Crippen LogP contribution in [-0.4, -0.2) is 6.04 Å². The van der Waals surface area contributed by atoms with Crippen molar-refractivity contribution in [1.82, 2.24) is 5.43 Å². The molecule has 1 unspecified atom stereocenters. The van der Waals surface area contributed by atoms with Crippen molar-refractivity contribution in [3.63, 3.8) is 0 Å². The van der Waals surface area contributed by atoms with Gasteiger partial charge in [-0.25, -0.2) is 0 Å². The number of hydrogen-bond donors (Lipinski definition) is 2. The van der Waals surface area contributed by atoms with E-state index in [1.54, 1.807) is 0 Å². The maximum atomic E-state index is 5.56. The summed E-state index contributed by atoms with van der Waals surface area (Å²) in [6.45, 7) is 0. The topological polar surface area (TPSA) is 38.0 Å². The molecule has 2 rings (SSSR count). The minimum absolute atomic E-state index is 0.603. The highest BCUT2D eigenvalue weighted by Gasteiger charge is 2.25. The molecule has 0 bridgehead atoms. The van der Waals surface area contributed by atoms with Crippen LogP contribution in [0.5, 0.6) is 0 Å². The standard InChI is InChI=1S/C11H22N2/c12-13-11(7-6-9-4-5-9)8-10-2-1-3-10/h9-11,13H,1-8,12H2. The van der Waals surface area contributed by atoms with Crippen LogP contribution in [0.4, 0.5) is 0 Å². The van der Waals surface area contributed by atoms with Crippen LogP contribution < -0.4 is 11.3 Å². The molecule has 2 heteroatoms. The van der Waals surface area contributed by atoms with Gasteiger partial charge < -0.3 is 0 Å². The van der Waals surface area contributed by atoms with Crippen molar-refractivity contribution in [1.29, 1.82) is 0 Å². The van der Waals surface area contributed by atoms with Gasteiger partial charge in [-0.1, -0.05) is 32.1 Å². The third kappa shape index (κ3) is 2.96. The Labute approximate surface area is 81.2 Å². The highest BCUT2D eigenvalue weighted by molar-refractivity contribution is 4.79. The van der Waals surface area contributed by atoms with E-state index in [-0.39, 0.29) is 0 Å². The monoisotopic (exact) mass is 182 g/mol. The highest BCUT2D eigenvalue weighted by atomic mass is 15.2. The van der Waals surface area contributed by atoms with E-state index in [4.69, 9.17) is 5.84 Å². The smallest absolute Gasteiger partial charge is 0.0213 e. The molecule has 2 nitrogen and oxygen atoms in total. The normalized spacial score (nSPS) is 25.6.